The molecule has 1 aliphatic carbocycles. The Hall–Kier alpha value is -0.750. The monoisotopic (exact) mass is 385 g/mol. The fourth-order valence-electron chi connectivity index (χ4n) is 3.67. The summed E-state index contributed by atoms with van der Waals surface area (Å²) in [5.41, 5.74) is 8.20. The molecule has 0 aromatic heterocycles. The van der Waals surface area contributed by atoms with Crippen LogP contribution in [0.1, 0.15) is 62.0 Å². The van der Waals surface area contributed by atoms with Gasteiger partial charge >= 0.3 is 7.82 Å². The van der Waals surface area contributed by atoms with Gasteiger partial charge in [0.05, 0.1) is 6.61 Å². The summed E-state index contributed by atoms with van der Waals surface area (Å²) in [4.78, 5) is 17.7. The summed E-state index contributed by atoms with van der Waals surface area (Å²) in [7, 11) is -2.72. The molecule has 0 unspecified atom stereocenters. The molecule has 1 aromatic carbocycles. The normalized spacial score (nSPS) is 23.5. The largest absolute Gasteiger partial charge is 0.469 e. The van der Waals surface area contributed by atoms with Gasteiger partial charge in [-0.25, -0.2) is 4.57 Å². The van der Waals surface area contributed by atoms with Crippen LogP contribution in [-0.2, 0) is 20.2 Å². The molecule has 4 N–H and O–H groups in total. The molecule has 1 aromatic rings. The smallest absolute Gasteiger partial charge is 0.385 e. The van der Waals surface area contributed by atoms with Gasteiger partial charge < -0.3 is 20.3 Å². The van der Waals surface area contributed by atoms with Crippen molar-refractivity contribution >= 4 is 7.82 Å². The molecule has 0 spiro atoms. The van der Waals surface area contributed by atoms with Gasteiger partial charge in [0.15, 0.2) is 0 Å². The van der Waals surface area contributed by atoms with Gasteiger partial charge in [-0.15, -0.1) is 0 Å². The van der Waals surface area contributed by atoms with E-state index in [2.05, 4.69) is 28.8 Å². The molecular formula is C19H32NO5P. The second-order valence-electron chi connectivity index (χ2n) is 7.46. The highest BCUT2D eigenvalue weighted by molar-refractivity contribution is 7.46. The summed E-state index contributed by atoms with van der Waals surface area (Å²) in [5.74, 6) is 0.323. The molecule has 148 valence electrons. The third-order valence-corrected chi connectivity index (χ3v) is 5.64. The van der Waals surface area contributed by atoms with Crippen molar-refractivity contribution in [3.8, 4) is 0 Å². The van der Waals surface area contributed by atoms with E-state index in [9.17, 15) is 4.57 Å². The lowest BCUT2D eigenvalue weighted by atomic mass is 9.92. The maximum Gasteiger partial charge on any atom is 0.469 e. The van der Waals surface area contributed by atoms with E-state index in [0.717, 1.165) is 25.9 Å². The summed E-state index contributed by atoms with van der Waals surface area (Å²) >= 11 is 0. The first-order valence-corrected chi connectivity index (χ1v) is 10.9. The van der Waals surface area contributed by atoms with Crippen LogP contribution in [0.4, 0.5) is 0 Å². The quantitative estimate of drug-likeness (QED) is 0.398. The summed E-state index contributed by atoms with van der Waals surface area (Å²) in [6.07, 6.45) is 8.16. The van der Waals surface area contributed by atoms with Crippen LogP contribution < -0.4 is 5.73 Å². The molecule has 6 nitrogen and oxygen atoms in total. The van der Waals surface area contributed by atoms with Crippen molar-refractivity contribution in [3.05, 3.63) is 35.4 Å². The molecule has 0 bridgehead atoms. The van der Waals surface area contributed by atoms with Crippen LogP contribution in [0, 0.1) is 0 Å². The molecule has 7 heteroatoms. The van der Waals surface area contributed by atoms with Crippen molar-refractivity contribution in [1.82, 2.24) is 0 Å². The predicted molar refractivity (Wildman–Crippen MR) is 102 cm³/mol. The second kappa shape index (κ2) is 9.98. The van der Waals surface area contributed by atoms with Crippen molar-refractivity contribution in [3.63, 3.8) is 0 Å². The van der Waals surface area contributed by atoms with Crippen LogP contribution in [0.15, 0.2) is 24.3 Å². The lowest BCUT2D eigenvalue weighted by Crippen LogP contribution is -2.41. The Kier molecular flexibility index (Phi) is 8.27. The zero-order valence-electron chi connectivity index (χ0n) is 15.6. The number of phosphoric acid groups is 1. The van der Waals surface area contributed by atoms with Gasteiger partial charge in [0.1, 0.15) is 0 Å². The fraction of sp³-hybridized carbons (Fsp3) is 0.684. The molecule has 2 rings (SSSR count). The van der Waals surface area contributed by atoms with E-state index in [-0.39, 0.29) is 6.61 Å². The highest BCUT2D eigenvalue weighted by Crippen LogP contribution is 2.43. The minimum Gasteiger partial charge on any atom is -0.385 e. The number of hydrogen-bond donors (Lipinski definition) is 3. The third kappa shape index (κ3) is 7.47. The first-order chi connectivity index (χ1) is 12.3. The zero-order chi connectivity index (χ0) is 19.0. The average molecular weight is 385 g/mol. The van der Waals surface area contributed by atoms with Gasteiger partial charge in [0.2, 0.25) is 0 Å². The third-order valence-electron chi connectivity index (χ3n) is 5.18. The first kappa shape index (κ1) is 21.5. The number of nitrogens with two attached hydrogens (primary N) is 1. The molecule has 1 fully saturated rings. The Morgan fingerprint density at radius 3 is 2.54 bits per heavy atom. The highest BCUT2D eigenvalue weighted by Gasteiger charge is 2.38. The van der Waals surface area contributed by atoms with E-state index in [1.54, 1.807) is 7.11 Å². The number of ether oxygens (including phenoxy) is 1. The van der Waals surface area contributed by atoms with E-state index >= 15 is 0 Å². The SMILES string of the molecule is COCCCCCCc1ccc([C@H]2CC[C@](N)(COP(=O)(O)O)C2)cc1. The Morgan fingerprint density at radius 2 is 1.88 bits per heavy atom. The molecular weight excluding hydrogens is 353 g/mol. The predicted octanol–water partition coefficient (Wildman–Crippen LogP) is 3.51. The number of unbranched alkanes of at least 4 members (excludes halogenated alkanes) is 3. The van der Waals surface area contributed by atoms with E-state index in [4.69, 9.17) is 20.3 Å². The molecule has 0 heterocycles. The number of hydrogen-bond acceptors (Lipinski definition) is 4. The van der Waals surface area contributed by atoms with Crippen molar-refractivity contribution in [2.45, 2.75) is 62.8 Å². The van der Waals surface area contributed by atoms with Gasteiger partial charge in [-0.1, -0.05) is 37.1 Å². The molecule has 0 saturated heterocycles. The highest BCUT2D eigenvalue weighted by atomic mass is 31.2. The summed E-state index contributed by atoms with van der Waals surface area (Å²) in [5, 5.41) is 0. The standard InChI is InChI=1S/C19H32NO5P/c1-24-13-5-3-2-4-6-16-7-9-17(10-8-16)18-11-12-19(20,14-18)15-25-26(21,22)23/h7-10,18H,2-6,11-15,20H2,1H3,(H2,21,22,23)/t18-,19+/m0/s1. The molecule has 1 saturated carbocycles. The van der Waals surface area contributed by atoms with Crippen LogP contribution in [0.3, 0.4) is 0 Å². The zero-order valence-corrected chi connectivity index (χ0v) is 16.5. The Morgan fingerprint density at radius 1 is 1.19 bits per heavy atom. The van der Waals surface area contributed by atoms with Gasteiger partial charge in [-0.2, -0.15) is 0 Å². The maximum atomic E-state index is 10.9. The number of methoxy groups -OCH3 is 1. The number of phosphoric ester groups is 1. The summed E-state index contributed by atoms with van der Waals surface area (Å²) in [6, 6.07) is 8.71. The average Bonchev–Trinajstić information content (AvgIpc) is 2.99. The minimum absolute atomic E-state index is 0.102. The van der Waals surface area contributed by atoms with E-state index < -0.39 is 13.4 Å². The first-order valence-electron chi connectivity index (χ1n) is 9.38. The summed E-state index contributed by atoms with van der Waals surface area (Å²) in [6.45, 7) is 0.743. The van der Waals surface area contributed by atoms with Gasteiger partial charge in [0.25, 0.3) is 0 Å². The van der Waals surface area contributed by atoms with Crippen LogP contribution in [0.2, 0.25) is 0 Å². The minimum atomic E-state index is -4.47. The van der Waals surface area contributed by atoms with Gasteiger partial charge in [0, 0.05) is 19.3 Å². The van der Waals surface area contributed by atoms with Crippen molar-refractivity contribution in [2.24, 2.45) is 5.73 Å². The topological polar surface area (TPSA) is 102 Å². The van der Waals surface area contributed by atoms with Crippen molar-refractivity contribution in [1.29, 1.82) is 0 Å². The van der Waals surface area contributed by atoms with Gasteiger partial charge in [-0.3, -0.25) is 4.52 Å². The Labute approximate surface area is 156 Å². The molecule has 26 heavy (non-hydrogen) atoms. The molecule has 2 atom stereocenters. The summed E-state index contributed by atoms with van der Waals surface area (Å²) < 4.78 is 20.6. The van der Waals surface area contributed by atoms with Crippen LogP contribution >= 0.6 is 7.82 Å². The van der Waals surface area contributed by atoms with Crippen LogP contribution in [0.25, 0.3) is 0 Å². The number of aryl methyl sites for hydroxylation is 1. The van der Waals surface area contributed by atoms with E-state index in [1.165, 1.54) is 30.4 Å². The number of benzene rings is 1. The van der Waals surface area contributed by atoms with Crippen LogP contribution in [-0.4, -0.2) is 35.6 Å². The van der Waals surface area contributed by atoms with E-state index in [0.29, 0.717) is 18.8 Å². The van der Waals surface area contributed by atoms with Crippen molar-refractivity contribution < 1.29 is 23.6 Å². The number of rotatable bonds is 11. The van der Waals surface area contributed by atoms with Gasteiger partial charge in [-0.05, 0) is 55.6 Å². The Bertz CT molecular complexity index is 588. The molecule has 0 aliphatic heterocycles. The molecule has 1 aliphatic rings. The van der Waals surface area contributed by atoms with E-state index in [1.807, 2.05) is 0 Å². The van der Waals surface area contributed by atoms with Crippen molar-refractivity contribution in [2.75, 3.05) is 20.3 Å². The Balaban J connectivity index is 1.77. The fourth-order valence-corrected chi connectivity index (χ4v) is 4.10. The van der Waals surface area contributed by atoms with Crippen LogP contribution in [0.5, 0.6) is 0 Å². The second-order valence-corrected chi connectivity index (χ2v) is 8.70. The lowest BCUT2D eigenvalue weighted by molar-refractivity contribution is 0.153. The maximum absolute atomic E-state index is 10.9. The molecule has 0 radical (unpaired) electrons. The lowest BCUT2D eigenvalue weighted by Gasteiger charge is -2.24. The molecule has 0 amide bonds.